The number of aryl methyl sites for hydroxylation is 1. The van der Waals surface area contributed by atoms with Gasteiger partial charge in [-0.2, -0.15) is 4.31 Å². The molecule has 31 heavy (non-hydrogen) atoms. The van der Waals surface area contributed by atoms with Crippen molar-refractivity contribution in [2.24, 2.45) is 13.0 Å². The van der Waals surface area contributed by atoms with Crippen LogP contribution in [0.15, 0.2) is 52.2 Å². The van der Waals surface area contributed by atoms with E-state index in [-0.39, 0.29) is 34.7 Å². The smallest absolute Gasteiger partial charge is 0.307 e. The van der Waals surface area contributed by atoms with Gasteiger partial charge in [-0.15, -0.1) is 0 Å². The molecule has 0 atom stereocenters. The number of amides is 1. The van der Waals surface area contributed by atoms with E-state index < -0.39 is 10.0 Å². The van der Waals surface area contributed by atoms with E-state index in [4.69, 9.17) is 4.74 Å². The predicted octanol–water partition coefficient (Wildman–Crippen LogP) is 2.65. The maximum absolute atomic E-state index is 13.1. The van der Waals surface area contributed by atoms with Gasteiger partial charge < -0.3 is 14.6 Å². The average Bonchev–Trinajstić information content (AvgIpc) is 3.07. The van der Waals surface area contributed by atoms with Gasteiger partial charge in [-0.05, 0) is 43.2 Å². The first-order valence-corrected chi connectivity index (χ1v) is 12.1. The highest BCUT2D eigenvalue weighted by Gasteiger charge is 2.32. The predicted molar refractivity (Wildman–Crippen MR) is 120 cm³/mol. The van der Waals surface area contributed by atoms with Crippen molar-refractivity contribution in [1.82, 2.24) is 8.87 Å². The Morgan fingerprint density at radius 1 is 1.16 bits per heavy atom. The minimum atomic E-state index is -3.69. The molecule has 1 fully saturated rings. The van der Waals surface area contributed by atoms with Crippen molar-refractivity contribution >= 4 is 43.2 Å². The Bertz CT molecular complexity index is 1290. The molecule has 1 aliphatic heterocycles. The Morgan fingerprint density at radius 2 is 1.90 bits per heavy atom. The van der Waals surface area contributed by atoms with Crippen LogP contribution in [0.25, 0.3) is 10.2 Å². The fraction of sp³-hybridized carbons (Fsp3) is 0.333. The highest BCUT2D eigenvalue weighted by atomic mass is 32.2. The minimum absolute atomic E-state index is 0.124. The fourth-order valence-electron chi connectivity index (χ4n) is 3.73. The summed E-state index contributed by atoms with van der Waals surface area (Å²) in [5, 5.41) is 2.88. The molecule has 0 bridgehead atoms. The second-order valence-corrected chi connectivity index (χ2v) is 10.4. The number of methoxy groups -OCH3 is 1. The van der Waals surface area contributed by atoms with Crippen LogP contribution in [0.3, 0.4) is 0 Å². The molecule has 0 saturated carbocycles. The normalized spacial score (nSPS) is 15.8. The van der Waals surface area contributed by atoms with Crippen molar-refractivity contribution in [2.45, 2.75) is 17.7 Å². The van der Waals surface area contributed by atoms with E-state index in [1.807, 2.05) is 0 Å². The van der Waals surface area contributed by atoms with Crippen LogP contribution in [-0.2, 0) is 21.9 Å². The van der Waals surface area contributed by atoms with Gasteiger partial charge in [0.25, 0.3) is 0 Å². The second-order valence-electron chi connectivity index (χ2n) is 7.46. The fourth-order valence-corrected chi connectivity index (χ4v) is 6.22. The Balaban J connectivity index is 1.44. The first-order chi connectivity index (χ1) is 14.8. The number of anilines is 1. The third-order valence-electron chi connectivity index (χ3n) is 5.56. The van der Waals surface area contributed by atoms with E-state index in [2.05, 4.69) is 5.32 Å². The molecular formula is C21H23N3O5S2. The zero-order valence-corrected chi connectivity index (χ0v) is 18.8. The standard InChI is InChI=1S/C21H23N3O5S2/c1-23-18-7-6-17(13-19(18)30-21(23)26)31(27,28)24-10-8-14(9-11-24)20(25)22-15-4-3-5-16(12-15)29-2/h3-7,12-14H,8-11H2,1-2H3,(H,22,25). The van der Waals surface area contributed by atoms with Gasteiger partial charge in [-0.3, -0.25) is 9.59 Å². The highest BCUT2D eigenvalue weighted by molar-refractivity contribution is 7.89. The van der Waals surface area contributed by atoms with Gasteiger partial charge >= 0.3 is 4.87 Å². The van der Waals surface area contributed by atoms with Crippen LogP contribution < -0.4 is 14.9 Å². The average molecular weight is 462 g/mol. The number of piperidine rings is 1. The number of aromatic nitrogens is 1. The SMILES string of the molecule is COc1cccc(NC(=O)C2CCN(S(=O)(=O)c3ccc4c(c3)sc(=O)n4C)CC2)c1. The summed E-state index contributed by atoms with van der Waals surface area (Å²) in [4.78, 5) is 24.5. The van der Waals surface area contributed by atoms with Crippen LogP contribution >= 0.6 is 11.3 Å². The Labute approximate surface area is 184 Å². The van der Waals surface area contributed by atoms with Crippen molar-refractivity contribution in [3.63, 3.8) is 0 Å². The van der Waals surface area contributed by atoms with Crippen LogP contribution in [0.4, 0.5) is 5.69 Å². The number of hydrogen-bond acceptors (Lipinski definition) is 6. The lowest BCUT2D eigenvalue weighted by atomic mass is 9.97. The molecule has 0 spiro atoms. The molecule has 0 unspecified atom stereocenters. The zero-order chi connectivity index (χ0) is 22.2. The van der Waals surface area contributed by atoms with Crippen LogP contribution in [0.5, 0.6) is 5.75 Å². The molecule has 0 radical (unpaired) electrons. The molecule has 3 aromatic rings. The number of ether oxygens (including phenoxy) is 1. The maximum Gasteiger partial charge on any atom is 0.307 e. The number of fused-ring (bicyclic) bond motifs is 1. The molecule has 164 valence electrons. The molecule has 10 heteroatoms. The summed E-state index contributed by atoms with van der Waals surface area (Å²) in [6.45, 7) is 0.531. The number of sulfonamides is 1. The van der Waals surface area contributed by atoms with Crippen LogP contribution in [0.1, 0.15) is 12.8 Å². The van der Waals surface area contributed by atoms with E-state index in [1.165, 1.54) is 14.9 Å². The van der Waals surface area contributed by atoms with Crippen molar-refractivity contribution < 1.29 is 17.9 Å². The van der Waals surface area contributed by atoms with Gasteiger partial charge in [0.2, 0.25) is 15.9 Å². The lowest BCUT2D eigenvalue weighted by Crippen LogP contribution is -2.41. The molecule has 8 nitrogen and oxygen atoms in total. The Kier molecular flexibility index (Phi) is 5.87. The van der Waals surface area contributed by atoms with Crippen molar-refractivity contribution in [1.29, 1.82) is 0 Å². The molecule has 4 rings (SSSR count). The van der Waals surface area contributed by atoms with Crippen LogP contribution in [0.2, 0.25) is 0 Å². The van der Waals surface area contributed by atoms with Crippen LogP contribution in [-0.4, -0.2) is 43.4 Å². The van der Waals surface area contributed by atoms with Crippen molar-refractivity contribution in [3.05, 3.63) is 52.1 Å². The summed E-state index contributed by atoms with van der Waals surface area (Å²) in [5.74, 6) is 0.263. The van der Waals surface area contributed by atoms with Crippen molar-refractivity contribution in [3.8, 4) is 5.75 Å². The number of nitrogens with zero attached hydrogens (tertiary/aromatic N) is 2. The molecule has 1 saturated heterocycles. The summed E-state index contributed by atoms with van der Waals surface area (Å²) in [7, 11) is -0.468. The Morgan fingerprint density at radius 3 is 2.61 bits per heavy atom. The number of benzene rings is 2. The lowest BCUT2D eigenvalue weighted by Gasteiger charge is -2.30. The Hall–Kier alpha value is -2.69. The first-order valence-electron chi connectivity index (χ1n) is 9.84. The number of nitrogens with one attached hydrogen (secondary N) is 1. The first kappa shape index (κ1) is 21.5. The quantitative estimate of drug-likeness (QED) is 0.630. The summed E-state index contributed by atoms with van der Waals surface area (Å²) < 4.78 is 34.9. The van der Waals surface area contributed by atoms with E-state index in [0.29, 0.717) is 34.5 Å². The van der Waals surface area contributed by atoms with Crippen LogP contribution in [0, 0.1) is 5.92 Å². The number of rotatable bonds is 5. The third kappa shape index (κ3) is 4.23. The number of hydrogen-bond donors (Lipinski definition) is 1. The summed E-state index contributed by atoms with van der Waals surface area (Å²) in [6.07, 6.45) is 0.881. The summed E-state index contributed by atoms with van der Waals surface area (Å²) >= 11 is 1.03. The number of thiazole rings is 1. The van der Waals surface area contributed by atoms with Crippen molar-refractivity contribution in [2.75, 3.05) is 25.5 Å². The van der Waals surface area contributed by atoms with E-state index >= 15 is 0 Å². The molecule has 2 heterocycles. The zero-order valence-electron chi connectivity index (χ0n) is 17.2. The lowest BCUT2D eigenvalue weighted by molar-refractivity contribution is -0.120. The van der Waals surface area contributed by atoms with Gasteiger partial charge in [-0.1, -0.05) is 17.4 Å². The minimum Gasteiger partial charge on any atom is -0.497 e. The number of carbonyl (C=O) groups is 1. The van der Waals surface area contributed by atoms with E-state index in [1.54, 1.807) is 50.6 Å². The maximum atomic E-state index is 13.1. The highest BCUT2D eigenvalue weighted by Crippen LogP contribution is 2.28. The summed E-state index contributed by atoms with van der Waals surface area (Å²) in [5.41, 5.74) is 1.36. The molecule has 1 aromatic heterocycles. The van der Waals surface area contributed by atoms with Gasteiger partial charge in [0, 0.05) is 37.8 Å². The molecule has 1 N–H and O–H groups in total. The monoisotopic (exact) mass is 461 g/mol. The largest absolute Gasteiger partial charge is 0.497 e. The molecular weight excluding hydrogens is 438 g/mol. The van der Waals surface area contributed by atoms with Gasteiger partial charge in [0.15, 0.2) is 0 Å². The number of carbonyl (C=O) groups excluding carboxylic acids is 1. The van der Waals surface area contributed by atoms with Gasteiger partial charge in [0.05, 0.1) is 22.2 Å². The molecule has 2 aromatic carbocycles. The second kappa shape index (κ2) is 8.45. The van der Waals surface area contributed by atoms with E-state index in [9.17, 15) is 18.0 Å². The molecule has 1 amide bonds. The summed E-state index contributed by atoms with van der Waals surface area (Å²) in [6, 6.07) is 11.9. The topological polar surface area (TPSA) is 97.7 Å². The van der Waals surface area contributed by atoms with Gasteiger partial charge in [0.1, 0.15) is 5.75 Å². The van der Waals surface area contributed by atoms with Gasteiger partial charge in [-0.25, -0.2) is 8.42 Å². The molecule has 1 aliphatic rings. The molecule has 0 aliphatic carbocycles. The van der Waals surface area contributed by atoms with E-state index in [0.717, 1.165) is 11.3 Å². The third-order valence-corrected chi connectivity index (χ3v) is 8.45.